The van der Waals surface area contributed by atoms with Crippen LogP contribution in [-0.4, -0.2) is 6.04 Å². The van der Waals surface area contributed by atoms with Crippen molar-refractivity contribution in [2.75, 3.05) is 0 Å². The van der Waals surface area contributed by atoms with Gasteiger partial charge in [-0.25, -0.2) is 0 Å². The quantitative estimate of drug-likeness (QED) is 0.788. The van der Waals surface area contributed by atoms with Crippen LogP contribution in [0.2, 0.25) is 5.02 Å². The van der Waals surface area contributed by atoms with E-state index in [-0.39, 0.29) is 5.41 Å². The van der Waals surface area contributed by atoms with Crippen molar-refractivity contribution in [1.29, 1.82) is 0 Å². The molecule has 0 radical (unpaired) electrons. The summed E-state index contributed by atoms with van der Waals surface area (Å²) in [5.74, 6) is 0. The molecular formula is C17H26ClN. The maximum atomic E-state index is 6.17. The number of hydrogen-bond acceptors (Lipinski definition) is 1. The van der Waals surface area contributed by atoms with Crippen LogP contribution in [0.4, 0.5) is 0 Å². The number of fused-ring (bicyclic) bond motifs is 1. The molecule has 1 N–H and O–H groups in total. The molecule has 1 aliphatic rings. The van der Waals surface area contributed by atoms with Gasteiger partial charge in [-0.05, 0) is 48.4 Å². The number of nitrogens with one attached hydrogen (secondary N) is 1. The SMILES string of the molecule is CCCCC(C)NC1c2cc(Cl)ccc2CC1(C)C. The molecule has 0 spiro atoms. The van der Waals surface area contributed by atoms with Crippen LogP contribution in [0.1, 0.15) is 64.1 Å². The number of unbranched alkanes of at least 4 members (excludes halogenated alkanes) is 1. The van der Waals surface area contributed by atoms with Crippen LogP contribution < -0.4 is 5.32 Å². The van der Waals surface area contributed by atoms with E-state index in [9.17, 15) is 0 Å². The molecule has 1 nitrogen and oxygen atoms in total. The van der Waals surface area contributed by atoms with E-state index in [2.05, 4.69) is 45.1 Å². The highest BCUT2D eigenvalue weighted by molar-refractivity contribution is 6.30. The third-order valence-corrected chi connectivity index (χ3v) is 4.52. The first-order valence-electron chi connectivity index (χ1n) is 7.48. The topological polar surface area (TPSA) is 12.0 Å². The smallest absolute Gasteiger partial charge is 0.0409 e. The van der Waals surface area contributed by atoms with Gasteiger partial charge in [-0.3, -0.25) is 0 Å². The van der Waals surface area contributed by atoms with E-state index >= 15 is 0 Å². The Morgan fingerprint density at radius 1 is 1.42 bits per heavy atom. The minimum Gasteiger partial charge on any atom is -0.307 e. The molecule has 2 unspecified atom stereocenters. The van der Waals surface area contributed by atoms with Gasteiger partial charge >= 0.3 is 0 Å². The van der Waals surface area contributed by atoms with Gasteiger partial charge in [0.05, 0.1) is 0 Å². The average Bonchev–Trinajstić information content (AvgIpc) is 2.58. The van der Waals surface area contributed by atoms with Gasteiger partial charge in [0.2, 0.25) is 0 Å². The van der Waals surface area contributed by atoms with Gasteiger partial charge in [-0.15, -0.1) is 0 Å². The van der Waals surface area contributed by atoms with Crippen molar-refractivity contribution in [1.82, 2.24) is 5.32 Å². The van der Waals surface area contributed by atoms with Crippen molar-refractivity contribution in [3.05, 3.63) is 34.3 Å². The number of benzene rings is 1. The van der Waals surface area contributed by atoms with Crippen LogP contribution in [0, 0.1) is 5.41 Å². The van der Waals surface area contributed by atoms with Gasteiger partial charge in [0.1, 0.15) is 0 Å². The van der Waals surface area contributed by atoms with Gasteiger partial charge in [-0.2, -0.15) is 0 Å². The Kier molecular flexibility index (Phi) is 4.58. The van der Waals surface area contributed by atoms with E-state index in [1.54, 1.807) is 0 Å². The molecule has 0 saturated heterocycles. The first-order chi connectivity index (χ1) is 8.94. The van der Waals surface area contributed by atoms with Crippen LogP contribution >= 0.6 is 11.6 Å². The summed E-state index contributed by atoms with van der Waals surface area (Å²) in [7, 11) is 0. The van der Waals surface area contributed by atoms with Crippen LogP contribution in [0.15, 0.2) is 18.2 Å². The zero-order chi connectivity index (χ0) is 14.0. The standard InChI is InChI=1S/C17H26ClN/c1-5-6-7-12(2)19-16-15-10-14(18)9-8-13(15)11-17(16,3)4/h8-10,12,16,19H,5-7,11H2,1-4H3. The lowest BCUT2D eigenvalue weighted by Crippen LogP contribution is -2.37. The maximum Gasteiger partial charge on any atom is 0.0409 e. The van der Waals surface area contributed by atoms with Gasteiger partial charge in [0.15, 0.2) is 0 Å². The maximum absolute atomic E-state index is 6.17. The lowest BCUT2D eigenvalue weighted by Gasteiger charge is -2.31. The number of halogens is 1. The summed E-state index contributed by atoms with van der Waals surface area (Å²) >= 11 is 6.17. The van der Waals surface area contributed by atoms with Gasteiger partial charge < -0.3 is 5.32 Å². The van der Waals surface area contributed by atoms with E-state index in [1.165, 1.54) is 30.4 Å². The van der Waals surface area contributed by atoms with Crippen molar-refractivity contribution >= 4 is 11.6 Å². The van der Waals surface area contributed by atoms with E-state index in [1.807, 2.05) is 6.07 Å². The molecule has 0 bridgehead atoms. The Labute approximate surface area is 122 Å². The molecule has 1 aromatic rings. The monoisotopic (exact) mass is 279 g/mol. The van der Waals surface area contributed by atoms with Crippen LogP contribution in [-0.2, 0) is 6.42 Å². The third-order valence-electron chi connectivity index (χ3n) is 4.29. The normalized spacial score (nSPS) is 22.3. The molecule has 0 heterocycles. The summed E-state index contributed by atoms with van der Waals surface area (Å²) in [6.07, 6.45) is 4.95. The Hall–Kier alpha value is -0.530. The summed E-state index contributed by atoms with van der Waals surface area (Å²) in [5.41, 5.74) is 3.13. The molecular weight excluding hydrogens is 254 g/mol. The predicted molar refractivity (Wildman–Crippen MR) is 83.8 cm³/mol. The third kappa shape index (κ3) is 3.32. The van der Waals surface area contributed by atoms with Crippen molar-refractivity contribution in [2.45, 2.75) is 65.5 Å². The molecule has 1 aromatic carbocycles. The summed E-state index contributed by atoms with van der Waals surface area (Å²) < 4.78 is 0. The second-order valence-corrected chi connectivity index (χ2v) is 7.09. The Morgan fingerprint density at radius 2 is 2.16 bits per heavy atom. The fraction of sp³-hybridized carbons (Fsp3) is 0.647. The van der Waals surface area contributed by atoms with Crippen molar-refractivity contribution in [2.24, 2.45) is 5.41 Å². The minimum absolute atomic E-state index is 0.271. The van der Waals surface area contributed by atoms with E-state index in [0.717, 1.165) is 11.4 Å². The van der Waals surface area contributed by atoms with E-state index in [0.29, 0.717) is 12.1 Å². The lowest BCUT2D eigenvalue weighted by atomic mass is 9.85. The first kappa shape index (κ1) is 14.9. The van der Waals surface area contributed by atoms with Crippen LogP contribution in [0.5, 0.6) is 0 Å². The molecule has 0 aromatic heterocycles. The Morgan fingerprint density at radius 3 is 2.84 bits per heavy atom. The van der Waals surface area contributed by atoms with E-state index < -0.39 is 0 Å². The minimum atomic E-state index is 0.271. The zero-order valence-corrected chi connectivity index (χ0v) is 13.3. The van der Waals surface area contributed by atoms with Crippen LogP contribution in [0.25, 0.3) is 0 Å². The Bertz CT molecular complexity index is 439. The van der Waals surface area contributed by atoms with Crippen molar-refractivity contribution in [3.8, 4) is 0 Å². The van der Waals surface area contributed by atoms with Crippen LogP contribution in [0.3, 0.4) is 0 Å². The highest BCUT2D eigenvalue weighted by atomic mass is 35.5. The first-order valence-corrected chi connectivity index (χ1v) is 7.86. The second-order valence-electron chi connectivity index (χ2n) is 6.65. The number of rotatable bonds is 5. The second kappa shape index (κ2) is 5.85. The summed E-state index contributed by atoms with van der Waals surface area (Å²) in [6.45, 7) is 9.26. The summed E-state index contributed by atoms with van der Waals surface area (Å²) in [4.78, 5) is 0. The zero-order valence-electron chi connectivity index (χ0n) is 12.6. The fourth-order valence-electron chi connectivity index (χ4n) is 3.20. The Balaban J connectivity index is 2.17. The molecule has 0 amide bonds. The van der Waals surface area contributed by atoms with Gasteiger partial charge in [-0.1, -0.05) is 51.3 Å². The molecule has 2 atom stereocenters. The van der Waals surface area contributed by atoms with Gasteiger partial charge in [0.25, 0.3) is 0 Å². The summed E-state index contributed by atoms with van der Waals surface area (Å²) in [5, 5.41) is 4.68. The highest BCUT2D eigenvalue weighted by Crippen LogP contribution is 2.46. The lowest BCUT2D eigenvalue weighted by molar-refractivity contribution is 0.247. The molecule has 0 fully saturated rings. The van der Waals surface area contributed by atoms with Gasteiger partial charge in [0, 0.05) is 17.1 Å². The predicted octanol–water partition coefficient (Wildman–Crippen LogP) is 5.13. The number of hydrogen-bond donors (Lipinski definition) is 1. The molecule has 0 aliphatic heterocycles. The molecule has 2 heteroatoms. The van der Waals surface area contributed by atoms with E-state index in [4.69, 9.17) is 11.6 Å². The molecule has 1 aliphatic carbocycles. The molecule has 0 saturated carbocycles. The highest BCUT2D eigenvalue weighted by Gasteiger charge is 2.39. The summed E-state index contributed by atoms with van der Waals surface area (Å²) in [6, 6.07) is 7.34. The molecule has 19 heavy (non-hydrogen) atoms. The largest absolute Gasteiger partial charge is 0.307 e. The average molecular weight is 280 g/mol. The molecule has 2 rings (SSSR count). The van der Waals surface area contributed by atoms with Crippen molar-refractivity contribution < 1.29 is 0 Å². The fourth-order valence-corrected chi connectivity index (χ4v) is 3.38. The van der Waals surface area contributed by atoms with Crippen molar-refractivity contribution in [3.63, 3.8) is 0 Å². The molecule has 106 valence electrons.